The molecule has 0 amide bonds. The summed E-state index contributed by atoms with van der Waals surface area (Å²) >= 11 is 0. The van der Waals surface area contributed by atoms with Crippen molar-refractivity contribution in [3.05, 3.63) is 29.6 Å². The molecule has 0 unspecified atom stereocenters. The molecule has 1 fully saturated rings. The molecule has 2 nitrogen and oxygen atoms in total. The zero-order valence-electron chi connectivity index (χ0n) is 10.2. The largest absolute Gasteiger partial charge is 0.311 e. The van der Waals surface area contributed by atoms with Crippen molar-refractivity contribution in [1.29, 1.82) is 0 Å². The third-order valence-electron chi connectivity index (χ3n) is 3.44. The van der Waals surface area contributed by atoms with Crippen molar-refractivity contribution in [1.82, 2.24) is 10.3 Å². The molecule has 88 valence electrons. The Morgan fingerprint density at radius 3 is 2.75 bits per heavy atom. The second-order valence-electron chi connectivity index (χ2n) is 4.96. The predicted octanol–water partition coefficient (Wildman–Crippen LogP) is 3.06. The van der Waals surface area contributed by atoms with E-state index in [1.165, 1.54) is 37.7 Å². The molecule has 2 rings (SSSR count). The summed E-state index contributed by atoms with van der Waals surface area (Å²) < 4.78 is 0. The van der Waals surface area contributed by atoms with Crippen LogP contribution in [-0.2, 0) is 6.54 Å². The zero-order chi connectivity index (χ0) is 11.2. The van der Waals surface area contributed by atoms with Gasteiger partial charge in [-0.1, -0.05) is 25.3 Å². The van der Waals surface area contributed by atoms with E-state index in [-0.39, 0.29) is 0 Å². The van der Waals surface area contributed by atoms with E-state index in [9.17, 15) is 0 Å². The van der Waals surface area contributed by atoms with Crippen molar-refractivity contribution in [3.8, 4) is 0 Å². The van der Waals surface area contributed by atoms with Crippen LogP contribution in [0.15, 0.2) is 18.3 Å². The average Bonchev–Trinajstić information content (AvgIpc) is 2.33. The standard InChI is InChI=1S/C14H22N2/c1-12-7-8-14(16-9-12)11-15-10-13-5-3-2-4-6-13/h7-9,13,15H,2-6,10-11H2,1H3. The lowest BCUT2D eigenvalue weighted by Crippen LogP contribution is -2.24. The van der Waals surface area contributed by atoms with Gasteiger partial charge in [-0.25, -0.2) is 0 Å². The molecule has 2 heteroatoms. The van der Waals surface area contributed by atoms with Gasteiger partial charge in [0.15, 0.2) is 0 Å². The van der Waals surface area contributed by atoms with E-state index in [0.717, 1.165) is 24.7 Å². The molecule has 0 aromatic carbocycles. The van der Waals surface area contributed by atoms with Gasteiger partial charge in [0.2, 0.25) is 0 Å². The summed E-state index contributed by atoms with van der Waals surface area (Å²) in [5, 5.41) is 3.53. The van der Waals surface area contributed by atoms with Crippen LogP contribution in [0, 0.1) is 12.8 Å². The molecule has 0 radical (unpaired) electrons. The molecule has 0 spiro atoms. The van der Waals surface area contributed by atoms with E-state index in [0.29, 0.717) is 0 Å². The molecule has 1 aliphatic carbocycles. The highest BCUT2D eigenvalue weighted by Crippen LogP contribution is 2.22. The molecule has 1 aliphatic rings. The van der Waals surface area contributed by atoms with Gasteiger partial charge in [0.05, 0.1) is 5.69 Å². The maximum Gasteiger partial charge on any atom is 0.0541 e. The average molecular weight is 218 g/mol. The first-order chi connectivity index (χ1) is 7.84. The number of pyridine rings is 1. The number of hydrogen-bond acceptors (Lipinski definition) is 2. The molecule has 0 atom stereocenters. The van der Waals surface area contributed by atoms with E-state index >= 15 is 0 Å². The molecule has 1 N–H and O–H groups in total. The van der Waals surface area contributed by atoms with Gasteiger partial charge < -0.3 is 5.32 Å². The van der Waals surface area contributed by atoms with Crippen LogP contribution < -0.4 is 5.32 Å². The van der Waals surface area contributed by atoms with Crippen molar-refractivity contribution in [2.24, 2.45) is 5.92 Å². The van der Waals surface area contributed by atoms with Crippen LogP contribution in [0.25, 0.3) is 0 Å². The highest BCUT2D eigenvalue weighted by atomic mass is 14.9. The van der Waals surface area contributed by atoms with Gasteiger partial charge in [-0.15, -0.1) is 0 Å². The summed E-state index contributed by atoms with van der Waals surface area (Å²) in [7, 11) is 0. The van der Waals surface area contributed by atoms with Crippen molar-refractivity contribution >= 4 is 0 Å². The second-order valence-corrected chi connectivity index (χ2v) is 4.96. The topological polar surface area (TPSA) is 24.9 Å². The van der Waals surface area contributed by atoms with Crippen molar-refractivity contribution in [2.75, 3.05) is 6.54 Å². The van der Waals surface area contributed by atoms with E-state index in [2.05, 4.69) is 29.4 Å². The van der Waals surface area contributed by atoms with Crippen LogP contribution in [-0.4, -0.2) is 11.5 Å². The molecular weight excluding hydrogens is 196 g/mol. The molecule has 1 aromatic heterocycles. The Labute approximate surface area is 98.5 Å². The summed E-state index contributed by atoms with van der Waals surface area (Å²) in [6, 6.07) is 4.24. The number of nitrogens with zero attached hydrogens (tertiary/aromatic N) is 1. The summed E-state index contributed by atoms with van der Waals surface area (Å²) in [6.45, 7) is 4.15. The Morgan fingerprint density at radius 2 is 2.06 bits per heavy atom. The normalized spacial score (nSPS) is 17.6. The Bertz CT molecular complexity index is 299. The van der Waals surface area contributed by atoms with Crippen molar-refractivity contribution < 1.29 is 0 Å². The summed E-state index contributed by atoms with van der Waals surface area (Å²) in [5.74, 6) is 0.902. The number of nitrogens with one attached hydrogen (secondary N) is 1. The van der Waals surface area contributed by atoms with Gasteiger partial charge in [-0.2, -0.15) is 0 Å². The zero-order valence-corrected chi connectivity index (χ0v) is 10.2. The fourth-order valence-corrected chi connectivity index (χ4v) is 2.40. The van der Waals surface area contributed by atoms with Gasteiger partial charge in [-0.3, -0.25) is 4.98 Å². The van der Waals surface area contributed by atoms with Crippen LogP contribution in [0.5, 0.6) is 0 Å². The molecular formula is C14H22N2. The minimum absolute atomic E-state index is 0.902. The lowest BCUT2D eigenvalue weighted by Gasteiger charge is -2.21. The maximum absolute atomic E-state index is 4.40. The van der Waals surface area contributed by atoms with Crippen LogP contribution in [0.1, 0.15) is 43.4 Å². The lowest BCUT2D eigenvalue weighted by molar-refractivity contribution is 0.341. The van der Waals surface area contributed by atoms with Crippen LogP contribution in [0.3, 0.4) is 0 Å². The van der Waals surface area contributed by atoms with Gasteiger partial charge >= 0.3 is 0 Å². The Kier molecular flexibility index (Phi) is 4.34. The minimum Gasteiger partial charge on any atom is -0.311 e. The molecule has 0 saturated heterocycles. The quantitative estimate of drug-likeness (QED) is 0.840. The lowest BCUT2D eigenvalue weighted by atomic mass is 9.89. The number of aryl methyl sites for hydroxylation is 1. The smallest absolute Gasteiger partial charge is 0.0541 e. The molecule has 1 saturated carbocycles. The summed E-state index contributed by atoms with van der Waals surface area (Å²) in [5.41, 5.74) is 2.39. The first kappa shape index (κ1) is 11.6. The second kappa shape index (κ2) is 6.00. The van der Waals surface area contributed by atoms with Gasteiger partial charge in [0.1, 0.15) is 0 Å². The maximum atomic E-state index is 4.40. The minimum atomic E-state index is 0.902. The highest BCUT2D eigenvalue weighted by Gasteiger charge is 2.12. The van der Waals surface area contributed by atoms with Gasteiger partial charge in [0.25, 0.3) is 0 Å². The van der Waals surface area contributed by atoms with Gasteiger partial charge in [0, 0.05) is 12.7 Å². The van der Waals surface area contributed by atoms with E-state index < -0.39 is 0 Å². The molecule has 1 heterocycles. The number of rotatable bonds is 4. The third kappa shape index (κ3) is 3.60. The monoisotopic (exact) mass is 218 g/mol. The predicted molar refractivity (Wildman–Crippen MR) is 67.3 cm³/mol. The van der Waals surface area contributed by atoms with Crippen molar-refractivity contribution in [2.45, 2.75) is 45.6 Å². The van der Waals surface area contributed by atoms with Crippen molar-refractivity contribution in [3.63, 3.8) is 0 Å². The summed E-state index contributed by atoms with van der Waals surface area (Å²) in [4.78, 5) is 4.40. The molecule has 1 aromatic rings. The molecule has 16 heavy (non-hydrogen) atoms. The SMILES string of the molecule is Cc1ccc(CNCC2CCCCC2)nc1. The van der Waals surface area contributed by atoms with E-state index in [4.69, 9.17) is 0 Å². The first-order valence-corrected chi connectivity index (χ1v) is 6.47. The number of hydrogen-bond donors (Lipinski definition) is 1. The molecule has 0 bridgehead atoms. The van der Waals surface area contributed by atoms with Crippen LogP contribution in [0.2, 0.25) is 0 Å². The Morgan fingerprint density at radius 1 is 1.25 bits per heavy atom. The summed E-state index contributed by atoms with van der Waals surface area (Å²) in [6.07, 6.45) is 9.06. The third-order valence-corrected chi connectivity index (χ3v) is 3.44. The highest BCUT2D eigenvalue weighted by molar-refractivity contribution is 5.11. The van der Waals surface area contributed by atoms with E-state index in [1.54, 1.807) is 0 Å². The van der Waals surface area contributed by atoms with Gasteiger partial charge in [-0.05, 0) is 43.9 Å². The van der Waals surface area contributed by atoms with Crippen LogP contribution >= 0.6 is 0 Å². The number of aromatic nitrogens is 1. The first-order valence-electron chi connectivity index (χ1n) is 6.47. The van der Waals surface area contributed by atoms with E-state index in [1.807, 2.05) is 6.20 Å². The fraction of sp³-hybridized carbons (Fsp3) is 0.643. The fourth-order valence-electron chi connectivity index (χ4n) is 2.40. The molecule has 0 aliphatic heterocycles. The van der Waals surface area contributed by atoms with Crippen LogP contribution in [0.4, 0.5) is 0 Å². The Balaban J connectivity index is 1.69. The Hall–Kier alpha value is -0.890.